The molecule has 2 rings (SSSR count). The Balaban J connectivity index is 2.86. The second-order valence-electron chi connectivity index (χ2n) is 2.17. The molecule has 2 aromatic heterocycles. The van der Waals surface area contributed by atoms with Gasteiger partial charge < -0.3 is 4.98 Å². The molecule has 0 spiro atoms. The highest BCUT2D eigenvalue weighted by atomic mass is 127. The summed E-state index contributed by atoms with van der Waals surface area (Å²) in [7, 11) is 0. The third kappa shape index (κ3) is 1.22. The van der Waals surface area contributed by atoms with Gasteiger partial charge in [0.2, 0.25) is 0 Å². The molecule has 0 saturated carbocycles. The van der Waals surface area contributed by atoms with Gasteiger partial charge in [0.15, 0.2) is 0 Å². The van der Waals surface area contributed by atoms with Gasteiger partial charge in [-0.05, 0) is 34.7 Å². The minimum Gasteiger partial charge on any atom is -0.345 e. The van der Waals surface area contributed by atoms with Gasteiger partial charge in [-0.3, -0.25) is 0 Å². The van der Waals surface area contributed by atoms with E-state index in [-0.39, 0.29) is 0 Å². The normalized spacial score (nSPS) is 10.7. The Morgan fingerprint density at radius 2 is 2.27 bits per heavy atom. The molecule has 2 heterocycles. The SMILES string of the molecule is Clc1ccc2c(I)c[nH]c2n1. The van der Waals surface area contributed by atoms with Gasteiger partial charge in [0.05, 0.1) is 0 Å². The molecule has 2 aromatic rings. The van der Waals surface area contributed by atoms with E-state index in [0.717, 1.165) is 11.0 Å². The maximum atomic E-state index is 5.69. The lowest BCUT2D eigenvalue weighted by Gasteiger charge is -1.89. The fourth-order valence-corrected chi connectivity index (χ4v) is 1.69. The zero-order valence-corrected chi connectivity index (χ0v) is 8.35. The van der Waals surface area contributed by atoms with E-state index in [9.17, 15) is 0 Å². The van der Waals surface area contributed by atoms with Crippen LogP contribution in [0.4, 0.5) is 0 Å². The minimum atomic E-state index is 0.524. The zero-order chi connectivity index (χ0) is 7.84. The van der Waals surface area contributed by atoms with Crippen LogP contribution in [0.3, 0.4) is 0 Å². The highest BCUT2D eigenvalue weighted by Gasteiger charge is 2.00. The predicted molar refractivity (Wildman–Crippen MR) is 53.8 cm³/mol. The Morgan fingerprint density at radius 3 is 3.09 bits per heavy atom. The van der Waals surface area contributed by atoms with Crippen molar-refractivity contribution in [3.8, 4) is 0 Å². The smallest absolute Gasteiger partial charge is 0.140 e. The van der Waals surface area contributed by atoms with Crippen molar-refractivity contribution in [2.45, 2.75) is 0 Å². The van der Waals surface area contributed by atoms with Crippen molar-refractivity contribution in [3.05, 3.63) is 27.1 Å². The summed E-state index contributed by atoms with van der Waals surface area (Å²) in [6.07, 6.45) is 1.91. The number of aromatic nitrogens is 2. The third-order valence-electron chi connectivity index (χ3n) is 1.45. The maximum Gasteiger partial charge on any atom is 0.140 e. The van der Waals surface area contributed by atoms with Crippen LogP contribution in [-0.4, -0.2) is 9.97 Å². The van der Waals surface area contributed by atoms with Crippen LogP contribution in [0.25, 0.3) is 11.0 Å². The molecular formula is C7H4ClIN2. The Bertz CT molecular complexity index is 396. The summed E-state index contributed by atoms with van der Waals surface area (Å²) in [4.78, 5) is 7.13. The molecule has 11 heavy (non-hydrogen) atoms. The van der Waals surface area contributed by atoms with Gasteiger partial charge in [0.1, 0.15) is 10.8 Å². The summed E-state index contributed by atoms with van der Waals surface area (Å²) < 4.78 is 1.17. The summed E-state index contributed by atoms with van der Waals surface area (Å²) in [5, 5.41) is 1.64. The summed E-state index contributed by atoms with van der Waals surface area (Å²) in [5.74, 6) is 0. The van der Waals surface area contributed by atoms with E-state index < -0.39 is 0 Å². The van der Waals surface area contributed by atoms with Crippen LogP contribution in [0.15, 0.2) is 18.3 Å². The number of rotatable bonds is 0. The van der Waals surface area contributed by atoms with Crippen molar-refractivity contribution in [2.75, 3.05) is 0 Å². The zero-order valence-electron chi connectivity index (χ0n) is 5.44. The molecule has 0 saturated heterocycles. The van der Waals surface area contributed by atoms with Crippen LogP contribution in [0.2, 0.25) is 5.15 Å². The molecule has 0 atom stereocenters. The van der Waals surface area contributed by atoms with Crippen LogP contribution in [0, 0.1) is 3.57 Å². The first-order chi connectivity index (χ1) is 5.27. The number of nitrogens with one attached hydrogen (secondary N) is 1. The molecular weight excluding hydrogens is 274 g/mol. The van der Waals surface area contributed by atoms with E-state index >= 15 is 0 Å². The highest BCUT2D eigenvalue weighted by molar-refractivity contribution is 14.1. The van der Waals surface area contributed by atoms with E-state index in [1.54, 1.807) is 6.07 Å². The molecule has 0 radical (unpaired) electrons. The van der Waals surface area contributed by atoms with Crippen molar-refractivity contribution in [1.82, 2.24) is 9.97 Å². The lowest BCUT2D eigenvalue weighted by atomic mass is 10.3. The predicted octanol–water partition coefficient (Wildman–Crippen LogP) is 2.82. The Kier molecular flexibility index (Phi) is 1.77. The standard InChI is InChI=1S/C7H4ClIN2/c8-6-2-1-4-5(9)3-10-7(4)11-6/h1-3H,(H,10,11). The fraction of sp³-hybridized carbons (Fsp3) is 0. The van der Waals surface area contributed by atoms with Crippen molar-refractivity contribution in [1.29, 1.82) is 0 Å². The average molecular weight is 278 g/mol. The number of halogens is 2. The second kappa shape index (κ2) is 2.64. The van der Waals surface area contributed by atoms with Gasteiger partial charge in [0, 0.05) is 15.2 Å². The van der Waals surface area contributed by atoms with Gasteiger partial charge in [-0.15, -0.1) is 0 Å². The first-order valence-electron chi connectivity index (χ1n) is 3.06. The monoisotopic (exact) mass is 278 g/mol. The average Bonchev–Trinajstić information content (AvgIpc) is 2.32. The molecule has 56 valence electrons. The van der Waals surface area contributed by atoms with Gasteiger partial charge in [-0.2, -0.15) is 0 Å². The molecule has 2 nitrogen and oxygen atoms in total. The number of nitrogens with zero attached hydrogens (tertiary/aromatic N) is 1. The van der Waals surface area contributed by atoms with Crippen molar-refractivity contribution >= 4 is 45.2 Å². The fourth-order valence-electron chi connectivity index (χ4n) is 0.948. The summed E-state index contributed by atoms with van der Waals surface area (Å²) in [6.45, 7) is 0. The molecule has 0 aliphatic carbocycles. The lowest BCUT2D eigenvalue weighted by Crippen LogP contribution is -1.75. The number of H-pyrrole nitrogens is 1. The second-order valence-corrected chi connectivity index (χ2v) is 3.72. The van der Waals surface area contributed by atoms with Crippen LogP contribution >= 0.6 is 34.2 Å². The summed E-state index contributed by atoms with van der Waals surface area (Å²) >= 11 is 7.95. The summed E-state index contributed by atoms with van der Waals surface area (Å²) in [5.41, 5.74) is 0.849. The molecule has 0 aliphatic heterocycles. The van der Waals surface area contributed by atoms with E-state index in [1.165, 1.54) is 3.57 Å². The lowest BCUT2D eigenvalue weighted by molar-refractivity contribution is 1.32. The number of hydrogen-bond donors (Lipinski definition) is 1. The summed E-state index contributed by atoms with van der Waals surface area (Å²) in [6, 6.07) is 3.75. The van der Waals surface area contributed by atoms with Crippen LogP contribution in [-0.2, 0) is 0 Å². The maximum absolute atomic E-state index is 5.69. The molecule has 0 unspecified atom stereocenters. The van der Waals surface area contributed by atoms with Crippen LogP contribution in [0.1, 0.15) is 0 Å². The van der Waals surface area contributed by atoms with Crippen molar-refractivity contribution in [2.24, 2.45) is 0 Å². The molecule has 0 amide bonds. The number of fused-ring (bicyclic) bond motifs is 1. The number of pyridine rings is 1. The quantitative estimate of drug-likeness (QED) is 0.582. The molecule has 1 N–H and O–H groups in total. The molecule has 4 heteroatoms. The molecule has 0 fully saturated rings. The Morgan fingerprint density at radius 1 is 1.45 bits per heavy atom. The Hall–Kier alpha value is -0.290. The van der Waals surface area contributed by atoms with Gasteiger partial charge in [-0.25, -0.2) is 4.98 Å². The van der Waals surface area contributed by atoms with E-state index in [2.05, 4.69) is 32.6 Å². The van der Waals surface area contributed by atoms with E-state index in [0.29, 0.717) is 5.15 Å². The van der Waals surface area contributed by atoms with Gasteiger partial charge in [0.25, 0.3) is 0 Å². The van der Waals surface area contributed by atoms with E-state index in [4.69, 9.17) is 11.6 Å². The topological polar surface area (TPSA) is 28.7 Å². The Labute approximate surface area is 82.1 Å². The number of aromatic amines is 1. The number of hydrogen-bond acceptors (Lipinski definition) is 1. The first kappa shape index (κ1) is 7.36. The van der Waals surface area contributed by atoms with E-state index in [1.807, 2.05) is 12.3 Å². The largest absolute Gasteiger partial charge is 0.345 e. The molecule has 0 bridgehead atoms. The van der Waals surface area contributed by atoms with Crippen LogP contribution in [0.5, 0.6) is 0 Å². The third-order valence-corrected chi connectivity index (χ3v) is 2.56. The molecule has 0 aliphatic rings. The van der Waals surface area contributed by atoms with Crippen molar-refractivity contribution < 1.29 is 0 Å². The van der Waals surface area contributed by atoms with Crippen molar-refractivity contribution in [3.63, 3.8) is 0 Å². The highest BCUT2D eigenvalue weighted by Crippen LogP contribution is 2.19. The minimum absolute atomic E-state index is 0.524. The molecule has 0 aromatic carbocycles. The van der Waals surface area contributed by atoms with Gasteiger partial charge >= 0.3 is 0 Å². The first-order valence-corrected chi connectivity index (χ1v) is 4.52. The van der Waals surface area contributed by atoms with Crippen LogP contribution < -0.4 is 0 Å². The van der Waals surface area contributed by atoms with Gasteiger partial charge in [-0.1, -0.05) is 11.6 Å².